The SMILES string of the molecule is C=C=Nc1ccc(C)c(CC)c1. The van der Waals surface area contributed by atoms with Gasteiger partial charge >= 0.3 is 0 Å². The first-order valence-corrected chi connectivity index (χ1v) is 4.10. The molecule has 1 aromatic carbocycles. The van der Waals surface area contributed by atoms with Gasteiger partial charge < -0.3 is 0 Å². The lowest BCUT2D eigenvalue weighted by molar-refractivity contribution is 1.11. The highest BCUT2D eigenvalue weighted by atomic mass is 14.7. The molecule has 0 unspecified atom stereocenters. The van der Waals surface area contributed by atoms with Crippen molar-refractivity contribution < 1.29 is 0 Å². The average Bonchev–Trinajstić information content (AvgIpc) is 2.09. The van der Waals surface area contributed by atoms with Crippen molar-refractivity contribution in [3.8, 4) is 0 Å². The summed E-state index contributed by atoms with van der Waals surface area (Å²) >= 11 is 0. The molecular formula is C11H13N. The molecule has 0 aliphatic carbocycles. The van der Waals surface area contributed by atoms with Crippen LogP contribution >= 0.6 is 0 Å². The first-order chi connectivity index (χ1) is 5.77. The van der Waals surface area contributed by atoms with Gasteiger partial charge in [-0.05, 0) is 49.1 Å². The lowest BCUT2D eigenvalue weighted by atomic mass is 10.1. The van der Waals surface area contributed by atoms with Crippen molar-refractivity contribution in [3.63, 3.8) is 0 Å². The molecule has 0 bridgehead atoms. The van der Waals surface area contributed by atoms with Gasteiger partial charge in [0.1, 0.15) is 0 Å². The molecular weight excluding hydrogens is 146 g/mol. The molecule has 0 N–H and O–H groups in total. The van der Waals surface area contributed by atoms with Crippen LogP contribution in [-0.4, -0.2) is 5.87 Å². The van der Waals surface area contributed by atoms with Crippen LogP contribution in [0.4, 0.5) is 5.69 Å². The number of nitrogens with zero attached hydrogens (tertiary/aromatic N) is 1. The predicted octanol–water partition coefficient (Wildman–Crippen LogP) is 3.04. The van der Waals surface area contributed by atoms with Crippen molar-refractivity contribution in [1.82, 2.24) is 0 Å². The number of aliphatic imine (C=N–C) groups is 1. The summed E-state index contributed by atoms with van der Waals surface area (Å²) in [7, 11) is 0. The topological polar surface area (TPSA) is 12.4 Å². The molecule has 62 valence electrons. The monoisotopic (exact) mass is 159 g/mol. The second-order valence-corrected chi connectivity index (χ2v) is 2.73. The zero-order valence-corrected chi connectivity index (χ0v) is 7.59. The van der Waals surface area contributed by atoms with E-state index in [-0.39, 0.29) is 0 Å². The fourth-order valence-electron chi connectivity index (χ4n) is 1.20. The molecule has 1 rings (SSSR count). The number of benzene rings is 1. The van der Waals surface area contributed by atoms with Crippen LogP contribution < -0.4 is 0 Å². The summed E-state index contributed by atoms with van der Waals surface area (Å²) < 4.78 is 0. The molecule has 1 aromatic rings. The average molecular weight is 159 g/mol. The van der Waals surface area contributed by atoms with E-state index in [0.29, 0.717) is 0 Å². The maximum absolute atomic E-state index is 4.00. The second-order valence-electron chi connectivity index (χ2n) is 2.73. The smallest absolute Gasteiger partial charge is 0.0732 e. The molecule has 0 fully saturated rings. The van der Waals surface area contributed by atoms with E-state index in [2.05, 4.69) is 43.4 Å². The van der Waals surface area contributed by atoms with Crippen LogP contribution in [-0.2, 0) is 6.42 Å². The molecule has 0 amide bonds. The van der Waals surface area contributed by atoms with E-state index in [9.17, 15) is 0 Å². The summed E-state index contributed by atoms with van der Waals surface area (Å²) in [5.74, 6) is 2.53. The summed E-state index contributed by atoms with van der Waals surface area (Å²) in [4.78, 5) is 4.00. The zero-order valence-electron chi connectivity index (χ0n) is 7.59. The minimum absolute atomic E-state index is 0.937. The molecule has 0 radical (unpaired) electrons. The lowest BCUT2D eigenvalue weighted by Crippen LogP contribution is -1.84. The van der Waals surface area contributed by atoms with Gasteiger partial charge in [-0.2, -0.15) is 0 Å². The first-order valence-electron chi connectivity index (χ1n) is 4.10. The van der Waals surface area contributed by atoms with Crippen LogP contribution in [0.15, 0.2) is 29.8 Å². The standard InChI is InChI=1S/C11H13N/c1-4-10-8-11(12-5-2)7-6-9(10)3/h6-8H,2,4H2,1,3H3. The Morgan fingerprint density at radius 3 is 2.83 bits per heavy atom. The van der Waals surface area contributed by atoms with Crippen LogP contribution in [0.25, 0.3) is 0 Å². The van der Waals surface area contributed by atoms with Crippen molar-refractivity contribution in [2.45, 2.75) is 20.3 Å². The summed E-state index contributed by atoms with van der Waals surface area (Å²) in [6.45, 7) is 7.70. The molecule has 0 spiro atoms. The van der Waals surface area contributed by atoms with Crippen LogP contribution in [0.1, 0.15) is 18.1 Å². The van der Waals surface area contributed by atoms with E-state index in [0.717, 1.165) is 12.1 Å². The van der Waals surface area contributed by atoms with Crippen molar-refractivity contribution in [2.75, 3.05) is 0 Å². The fraction of sp³-hybridized carbons (Fsp3) is 0.273. The largest absolute Gasteiger partial charge is 0.207 e. The number of hydrogen-bond acceptors (Lipinski definition) is 1. The Morgan fingerprint density at radius 1 is 1.50 bits per heavy atom. The highest BCUT2D eigenvalue weighted by molar-refractivity contribution is 5.56. The third-order valence-corrected chi connectivity index (χ3v) is 1.92. The van der Waals surface area contributed by atoms with Gasteiger partial charge in [-0.3, -0.25) is 0 Å². The first kappa shape index (κ1) is 8.76. The quantitative estimate of drug-likeness (QED) is 0.588. The number of rotatable bonds is 2. The van der Waals surface area contributed by atoms with Crippen molar-refractivity contribution in [3.05, 3.63) is 35.9 Å². The highest BCUT2D eigenvalue weighted by Gasteiger charge is 1.95. The number of hydrogen-bond donors (Lipinski definition) is 0. The number of aryl methyl sites for hydroxylation is 2. The summed E-state index contributed by atoms with van der Waals surface area (Å²) in [6, 6.07) is 6.13. The third-order valence-electron chi connectivity index (χ3n) is 1.92. The van der Waals surface area contributed by atoms with E-state index < -0.39 is 0 Å². The van der Waals surface area contributed by atoms with Gasteiger partial charge in [0.25, 0.3) is 0 Å². The summed E-state index contributed by atoms with van der Waals surface area (Å²) in [5, 5.41) is 0. The minimum Gasteiger partial charge on any atom is -0.207 e. The van der Waals surface area contributed by atoms with E-state index >= 15 is 0 Å². The molecule has 0 saturated carbocycles. The van der Waals surface area contributed by atoms with Crippen molar-refractivity contribution in [1.29, 1.82) is 0 Å². The van der Waals surface area contributed by atoms with Crippen LogP contribution in [0.2, 0.25) is 0 Å². The maximum Gasteiger partial charge on any atom is 0.0732 e. The van der Waals surface area contributed by atoms with Gasteiger partial charge in [0.2, 0.25) is 0 Å². The zero-order chi connectivity index (χ0) is 8.97. The van der Waals surface area contributed by atoms with Crippen LogP contribution in [0.5, 0.6) is 0 Å². The Balaban J connectivity index is 3.13. The molecule has 1 nitrogen and oxygen atoms in total. The normalized spacial score (nSPS) is 9.17. The van der Waals surface area contributed by atoms with Gasteiger partial charge in [-0.15, -0.1) is 0 Å². The Morgan fingerprint density at radius 2 is 2.25 bits per heavy atom. The molecule has 1 heteroatoms. The lowest BCUT2D eigenvalue weighted by Gasteiger charge is -2.02. The van der Waals surface area contributed by atoms with E-state index in [1.54, 1.807) is 0 Å². The fourth-order valence-corrected chi connectivity index (χ4v) is 1.20. The van der Waals surface area contributed by atoms with Gasteiger partial charge in [-0.1, -0.05) is 13.0 Å². The van der Waals surface area contributed by atoms with Crippen molar-refractivity contribution >= 4 is 11.6 Å². The van der Waals surface area contributed by atoms with Gasteiger partial charge in [0, 0.05) is 0 Å². The predicted molar refractivity (Wildman–Crippen MR) is 53.3 cm³/mol. The minimum atomic E-state index is 0.937. The summed E-state index contributed by atoms with van der Waals surface area (Å²) in [6.07, 6.45) is 1.05. The molecule has 12 heavy (non-hydrogen) atoms. The Bertz CT molecular complexity index is 320. The molecule has 0 aliphatic rings. The van der Waals surface area contributed by atoms with E-state index in [1.807, 2.05) is 6.07 Å². The summed E-state index contributed by atoms with van der Waals surface area (Å²) in [5.41, 5.74) is 3.60. The molecule has 0 atom stereocenters. The Kier molecular flexibility index (Phi) is 2.84. The van der Waals surface area contributed by atoms with Crippen molar-refractivity contribution in [2.24, 2.45) is 4.99 Å². The van der Waals surface area contributed by atoms with Gasteiger partial charge in [0.05, 0.1) is 5.69 Å². The van der Waals surface area contributed by atoms with Crippen LogP contribution in [0, 0.1) is 6.92 Å². The second kappa shape index (κ2) is 3.89. The maximum atomic E-state index is 4.00. The molecule has 0 aliphatic heterocycles. The molecule has 0 heterocycles. The van der Waals surface area contributed by atoms with E-state index in [1.165, 1.54) is 11.1 Å². The van der Waals surface area contributed by atoms with E-state index in [4.69, 9.17) is 0 Å². The van der Waals surface area contributed by atoms with Crippen LogP contribution in [0.3, 0.4) is 0 Å². The van der Waals surface area contributed by atoms with Gasteiger partial charge in [-0.25, -0.2) is 4.99 Å². The molecule has 0 saturated heterocycles. The Labute approximate surface area is 73.5 Å². The Hall–Kier alpha value is -1.33. The third kappa shape index (κ3) is 1.84. The molecule has 0 aromatic heterocycles. The van der Waals surface area contributed by atoms with Gasteiger partial charge in [0.15, 0.2) is 0 Å². The highest BCUT2D eigenvalue weighted by Crippen LogP contribution is 2.17.